The van der Waals surface area contributed by atoms with Gasteiger partial charge in [-0.05, 0) is 49.7 Å². The summed E-state index contributed by atoms with van der Waals surface area (Å²) in [6.07, 6.45) is 0.985. The minimum Gasteiger partial charge on any atom is -0.451 e. The van der Waals surface area contributed by atoms with Crippen LogP contribution in [0.15, 0.2) is 45.7 Å². The lowest BCUT2D eigenvalue weighted by atomic mass is 10.1. The average Bonchev–Trinajstić information content (AvgIpc) is 3.41. The fourth-order valence-corrected chi connectivity index (χ4v) is 6.09. The molecule has 1 amide bonds. The Morgan fingerprint density at radius 1 is 1.06 bits per heavy atom. The van der Waals surface area contributed by atoms with Gasteiger partial charge in [0.15, 0.2) is 11.5 Å². The van der Waals surface area contributed by atoms with E-state index in [-0.39, 0.29) is 10.7 Å². The van der Waals surface area contributed by atoms with Gasteiger partial charge < -0.3 is 19.2 Å². The number of benzene rings is 2. The zero-order valence-corrected chi connectivity index (χ0v) is 20.5. The summed E-state index contributed by atoms with van der Waals surface area (Å²) in [6, 6.07) is 9.90. The normalized spacial score (nSPS) is 18.6. The van der Waals surface area contributed by atoms with Crippen LogP contribution in [-0.4, -0.2) is 50.7 Å². The molecule has 1 N–H and O–H groups in total. The van der Waals surface area contributed by atoms with E-state index in [9.17, 15) is 13.2 Å². The highest BCUT2D eigenvalue weighted by atomic mass is 35.5. The summed E-state index contributed by atoms with van der Waals surface area (Å²) in [7, 11) is -3.72. The van der Waals surface area contributed by atoms with E-state index in [1.807, 2.05) is 13.0 Å². The molecule has 1 spiro atoms. The Morgan fingerprint density at radius 3 is 2.44 bits per heavy atom. The highest BCUT2D eigenvalue weighted by molar-refractivity contribution is 7.89. The van der Waals surface area contributed by atoms with Crippen LogP contribution in [0.4, 0.5) is 5.69 Å². The first kappa shape index (κ1) is 23.3. The van der Waals surface area contributed by atoms with Crippen LogP contribution in [0.2, 0.25) is 5.02 Å². The molecule has 2 saturated heterocycles. The fourth-order valence-electron chi connectivity index (χ4n) is 4.44. The highest BCUT2D eigenvalue weighted by Crippen LogP contribution is 2.35. The number of hydrogen-bond donors (Lipinski definition) is 1. The van der Waals surface area contributed by atoms with Crippen LogP contribution in [0, 0.1) is 13.8 Å². The van der Waals surface area contributed by atoms with Crippen LogP contribution < -0.4 is 5.32 Å². The molecule has 2 fully saturated rings. The number of anilines is 1. The van der Waals surface area contributed by atoms with Crippen molar-refractivity contribution in [1.29, 1.82) is 0 Å². The second kappa shape index (κ2) is 8.66. The van der Waals surface area contributed by atoms with Crippen molar-refractivity contribution >= 4 is 44.2 Å². The second-order valence-corrected chi connectivity index (χ2v) is 11.0. The average molecular weight is 505 g/mol. The van der Waals surface area contributed by atoms with Gasteiger partial charge >= 0.3 is 0 Å². The van der Waals surface area contributed by atoms with Crippen molar-refractivity contribution in [1.82, 2.24) is 4.31 Å². The molecule has 34 heavy (non-hydrogen) atoms. The van der Waals surface area contributed by atoms with Crippen molar-refractivity contribution in [2.24, 2.45) is 0 Å². The Hall–Kier alpha value is -2.43. The molecule has 0 unspecified atom stereocenters. The summed E-state index contributed by atoms with van der Waals surface area (Å²) in [5.41, 5.74) is 2.45. The number of halogens is 1. The predicted molar refractivity (Wildman–Crippen MR) is 128 cm³/mol. The third kappa shape index (κ3) is 4.12. The van der Waals surface area contributed by atoms with Crippen LogP contribution in [-0.2, 0) is 19.5 Å². The molecule has 5 rings (SSSR count). The Bertz CT molecular complexity index is 1370. The highest BCUT2D eigenvalue weighted by Gasteiger charge is 2.42. The molecule has 2 aromatic carbocycles. The van der Waals surface area contributed by atoms with Crippen LogP contribution in [0.25, 0.3) is 11.0 Å². The first-order chi connectivity index (χ1) is 16.2. The quantitative estimate of drug-likeness (QED) is 0.562. The minimum atomic E-state index is -3.72. The lowest BCUT2D eigenvalue weighted by Gasteiger charge is -2.36. The van der Waals surface area contributed by atoms with E-state index in [0.717, 1.165) is 5.56 Å². The van der Waals surface area contributed by atoms with Crippen molar-refractivity contribution in [2.45, 2.75) is 37.4 Å². The van der Waals surface area contributed by atoms with Crippen LogP contribution in [0.5, 0.6) is 0 Å². The molecule has 10 heteroatoms. The third-order valence-electron chi connectivity index (χ3n) is 6.48. The van der Waals surface area contributed by atoms with Crippen LogP contribution in [0.3, 0.4) is 0 Å². The molecule has 8 nitrogen and oxygen atoms in total. The molecule has 180 valence electrons. The number of fused-ring (bicyclic) bond motifs is 1. The lowest BCUT2D eigenvalue weighted by molar-refractivity contribution is -0.179. The van der Waals surface area contributed by atoms with Gasteiger partial charge in [-0.2, -0.15) is 4.31 Å². The van der Waals surface area contributed by atoms with Gasteiger partial charge in [0, 0.05) is 47.6 Å². The number of nitrogens with zero attached hydrogens (tertiary/aromatic N) is 1. The monoisotopic (exact) mass is 504 g/mol. The van der Waals surface area contributed by atoms with Crippen molar-refractivity contribution < 1.29 is 27.1 Å². The van der Waals surface area contributed by atoms with Crippen LogP contribution in [0.1, 0.15) is 34.5 Å². The molecule has 0 saturated carbocycles. The van der Waals surface area contributed by atoms with Crippen LogP contribution >= 0.6 is 11.6 Å². The van der Waals surface area contributed by atoms with Gasteiger partial charge in [-0.3, -0.25) is 4.79 Å². The maximum atomic E-state index is 13.3. The van der Waals surface area contributed by atoms with E-state index in [2.05, 4.69) is 5.32 Å². The molecule has 0 radical (unpaired) electrons. The van der Waals surface area contributed by atoms with Crippen molar-refractivity contribution in [2.75, 3.05) is 31.6 Å². The fraction of sp³-hybridized carbons (Fsp3) is 0.375. The predicted octanol–water partition coefficient (Wildman–Crippen LogP) is 4.48. The molecule has 3 aromatic rings. The van der Waals surface area contributed by atoms with E-state index in [0.29, 0.717) is 66.4 Å². The summed E-state index contributed by atoms with van der Waals surface area (Å²) in [4.78, 5) is 13.0. The number of nitrogens with one attached hydrogen (secondary N) is 1. The Labute approximate surface area is 202 Å². The number of carbonyl (C=O) groups is 1. The first-order valence-corrected chi connectivity index (χ1v) is 12.9. The summed E-state index contributed by atoms with van der Waals surface area (Å²) >= 11 is 6.15. The Kier molecular flexibility index (Phi) is 5.94. The van der Waals surface area contributed by atoms with Crippen molar-refractivity contribution in [3.8, 4) is 0 Å². The van der Waals surface area contributed by atoms with Gasteiger partial charge in [0.05, 0.1) is 18.1 Å². The van der Waals surface area contributed by atoms with E-state index in [1.54, 1.807) is 31.2 Å². The first-order valence-electron chi connectivity index (χ1n) is 11.1. The smallest absolute Gasteiger partial charge is 0.291 e. The maximum Gasteiger partial charge on any atom is 0.291 e. The maximum absolute atomic E-state index is 13.3. The molecule has 1 aromatic heterocycles. The van der Waals surface area contributed by atoms with E-state index in [4.69, 9.17) is 25.5 Å². The SMILES string of the molecule is Cc1ccc(NC(=O)c2oc3ccc(S(=O)(=O)N4CCC5(CC4)OCCO5)cc3c2C)cc1Cl. The summed E-state index contributed by atoms with van der Waals surface area (Å²) in [5, 5.41) is 3.90. The van der Waals surface area contributed by atoms with E-state index < -0.39 is 21.7 Å². The van der Waals surface area contributed by atoms with Gasteiger partial charge in [0.25, 0.3) is 5.91 Å². The number of piperidine rings is 1. The number of ether oxygens (including phenoxy) is 2. The summed E-state index contributed by atoms with van der Waals surface area (Å²) < 4.78 is 45.2. The number of rotatable bonds is 4. The number of furan rings is 1. The summed E-state index contributed by atoms with van der Waals surface area (Å²) in [5.74, 6) is -0.964. The van der Waals surface area contributed by atoms with Gasteiger partial charge in [-0.15, -0.1) is 0 Å². The number of hydrogen-bond acceptors (Lipinski definition) is 6. The molecular weight excluding hydrogens is 480 g/mol. The molecule has 0 aliphatic carbocycles. The molecular formula is C24H25ClN2O6S. The number of sulfonamides is 1. The number of amides is 1. The minimum absolute atomic E-state index is 0.122. The zero-order valence-electron chi connectivity index (χ0n) is 18.9. The van der Waals surface area contributed by atoms with Crippen molar-refractivity contribution in [3.63, 3.8) is 0 Å². The zero-order chi connectivity index (χ0) is 24.1. The third-order valence-corrected chi connectivity index (χ3v) is 8.78. The van der Waals surface area contributed by atoms with Gasteiger partial charge in [0.1, 0.15) is 5.58 Å². The molecule has 2 aliphatic heterocycles. The number of aryl methyl sites for hydroxylation is 2. The number of carbonyl (C=O) groups excluding carboxylic acids is 1. The molecule has 2 aliphatic rings. The van der Waals surface area contributed by atoms with Gasteiger partial charge in [-0.1, -0.05) is 17.7 Å². The largest absolute Gasteiger partial charge is 0.451 e. The lowest BCUT2D eigenvalue weighted by Crippen LogP contribution is -2.47. The van der Waals surface area contributed by atoms with Crippen molar-refractivity contribution in [3.05, 3.63) is 58.3 Å². The standard InChI is InChI=1S/C24H25ClN2O6S/c1-15-3-4-17(13-20(15)25)26-23(28)22-16(2)19-14-18(5-6-21(19)33-22)34(29,30)27-9-7-24(8-10-27)31-11-12-32-24/h3-6,13-14H,7-12H2,1-2H3,(H,26,28). The Morgan fingerprint density at radius 2 is 1.76 bits per heavy atom. The molecule has 0 atom stereocenters. The molecule has 3 heterocycles. The molecule has 0 bridgehead atoms. The summed E-state index contributed by atoms with van der Waals surface area (Å²) in [6.45, 7) is 5.32. The van der Waals surface area contributed by atoms with E-state index >= 15 is 0 Å². The van der Waals surface area contributed by atoms with Gasteiger partial charge in [0.2, 0.25) is 10.0 Å². The Balaban J connectivity index is 1.38. The van der Waals surface area contributed by atoms with Gasteiger partial charge in [-0.25, -0.2) is 8.42 Å². The topological polar surface area (TPSA) is 98.1 Å². The second-order valence-electron chi connectivity index (χ2n) is 8.64. The van der Waals surface area contributed by atoms with E-state index in [1.165, 1.54) is 10.4 Å².